The van der Waals surface area contributed by atoms with E-state index in [4.69, 9.17) is 4.52 Å². The second-order valence-electron chi connectivity index (χ2n) is 7.92. The van der Waals surface area contributed by atoms with E-state index in [2.05, 4.69) is 15.5 Å². The van der Waals surface area contributed by atoms with Crippen LogP contribution >= 0.6 is 23.5 Å². The summed E-state index contributed by atoms with van der Waals surface area (Å²) in [5, 5.41) is 16.2. The molecule has 1 unspecified atom stereocenters. The van der Waals surface area contributed by atoms with E-state index in [0.717, 1.165) is 10.5 Å². The van der Waals surface area contributed by atoms with Gasteiger partial charge in [-0.3, -0.25) is 19.5 Å². The van der Waals surface area contributed by atoms with Gasteiger partial charge in [-0.1, -0.05) is 29.4 Å². The van der Waals surface area contributed by atoms with E-state index >= 15 is 0 Å². The van der Waals surface area contributed by atoms with Crippen LogP contribution in [0.4, 0.5) is 0 Å². The highest BCUT2D eigenvalue weighted by atomic mass is 32.2. The van der Waals surface area contributed by atoms with Crippen LogP contribution in [-0.4, -0.2) is 60.9 Å². The Kier molecular flexibility index (Phi) is 6.92. The van der Waals surface area contributed by atoms with Gasteiger partial charge in [0.2, 0.25) is 5.91 Å². The summed E-state index contributed by atoms with van der Waals surface area (Å²) in [6, 6.07) is 14.1. The van der Waals surface area contributed by atoms with Crippen molar-refractivity contribution in [2.75, 3.05) is 11.5 Å². The fourth-order valence-electron chi connectivity index (χ4n) is 3.86. The molecule has 0 bridgehead atoms. The Morgan fingerprint density at radius 3 is 2.72 bits per heavy atom. The normalized spacial score (nSPS) is 19.2. The van der Waals surface area contributed by atoms with Gasteiger partial charge in [0.05, 0.1) is 5.75 Å². The summed E-state index contributed by atoms with van der Waals surface area (Å²) in [7, 11) is 0. The number of nitrogens with one attached hydrogen (secondary N) is 1. The first-order valence-corrected chi connectivity index (χ1v) is 13.0. The fourth-order valence-corrected chi connectivity index (χ4v) is 5.91. The number of aromatic nitrogens is 2. The van der Waals surface area contributed by atoms with Gasteiger partial charge in [0.1, 0.15) is 22.8 Å². The number of amides is 2. The highest BCUT2D eigenvalue weighted by Crippen LogP contribution is 2.41. The first kappa shape index (κ1) is 23.9. The van der Waals surface area contributed by atoms with Gasteiger partial charge in [0.15, 0.2) is 5.76 Å². The number of carbonyl (C=O) groups is 3. The van der Waals surface area contributed by atoms with Crippen LogP contribution in [0.3, 0.4) is 0 Å². The first-order valence-electron chi connectivity index (χ1n) is 10.9. The topological polar surface area (TPSA) is 126 Å². The van der Waals surface area contributed by atoms with Gasteiger partial charge in [0, 0.05) is 34.7 Å². The van der Waals surface area contributed by atoms with Crippen LogP contribution in [0, 0.1) is 0 Å². The largest absolute Gasteiger partial charge is 0.477 e. The minimum absolute atomic E-state index is 0.0852. The molecule has 2 N–H and O–H groups in total. The van der Waals surface area contributed by atoms with Crippen LogP contribution in [0.25, 0.3) is 17.3 Å². The Morgan fingerprint density at radius 2 is 1.97 bits per heavy atom. The number of carboxylic acids is 1. The molecule has 1 saturated heterocycles. The summed E-state index contributed by atoms with van der Waals surface area (Å²) in [5.41, 5.74) is 1.86. The number of rotatable bonds is 8. The van der Waals surface area contributed by atoms with Crippen LogP contribution in [0.5, 0.6) is 0 Å². The quantitative estimate of drug-likeness (QED) is 0.340. The van der Waals surface area contributed by atoms with Crippen molar-refractivity contribution in [1.29, 1.82) is 0 Å². The maximum absolute atomic E-state index is 12.8. The second-order valence-corrected chi connectivity index (χ2v) is 10.1. The van der Waals surface area contributed by atoms with Crippen molar-refractivity contribution >= 4 is 47.4 Å². The van der Waals surface area contributed by atoms with Gasteiger partial charge in [-0.05, 0) is 35.9 Å². The summed E-state index contributed by atoms with van der Waals surface area (Å²) in [5.74, 6) is -0.935. The SMILES string of the molecule is O=C(CSc1ccccc1)N[C@@H]1C(=O)N2C(C(=O)O)=C(/C=C/c3cc(-c4ccncc4)no3)CSC12. The molecule has 36 heavy (non-hydrogen) atoms. The van der Waals surface area contributed by atoms with Gasteiger partial charge in [0.25, 0.3) is 5.91 Å². The average Bonchev–Trinajstić information content (AvgIpc) is 3.39. The number of nitrogens with zero attached hydrogens (tertiary/aromatic N) is 3. The molecule has 5 rings (SSSR count). The number of carbonyl (C=O) groups excluding carboxylic acids is 2. The predicted octanol–water partition coefficient (Wildman–Crippen LogP) is 3.28. The zero-order valence-electron chi connectivity index (χ0n) is 18.7. The molecule has 1 aromatic carbocycles. The standard InChI is InChI=1S/C25H20N4O5S2/c30-20(14-35-18-4-2-1-3-5-18)27-21-23(31)29-22(25(32)33)16(13-36-24(21)29)6-7-17-12-19(28-34-17)15-8-10-26-11-9-15/h1-12,21,24H,13-14H2,(H,27,30)(H,32,33)/b7-6+/t21-,24?/m1/s1. The number of thioether (sulfide) groups is 2. The molecule has 2 amide bonds. The summed E-state index contributed by atoms with van der Waals surface area (Å²) in [4.78, 5) is 43.5. The lowest BCUT2D eigenvalue weighted by molar-refractivity contribution is -0.150. The molecular weight excluding hydrogens is 500 g/mol. The number of fused-ring (bicyclic) bond motifs is 1. The number of hydrogen-bond acceptors (Lipinski definition) is 8. The van der Waals surface area contributed by atoms with Crippen LogP contribution in [0.1, 0.15) is 5.76 Å². The van der Waals surface area contributed by atoms with Crippen molar-refractivity contribution < 1.29 is 24.0 Å². The van der Waals surface area contributed by atoms with Gasteiger partial charge in [-0.25, -0.2) is 4.79 Å². The number of aliphatic carboxylic acids is 1. The summed E-state index contributed by atoms with van der Waals surface area (Å²) in [6.07, 6.45) is 6.56. The molecular formula is C25H20N4O5S2. The van der Waals surface area contributed by atoms with Crippen molar-refractivity contribution in [3.63, 3.8) is 0 Å². The third-order valence-electron chi connectivity index (χ3n) is 5.58. The number of pyridine rings is 1. The Morgan fingerprint density at radius 1 is 1.19 bits per heavy atom. The molecule has 2 aromatic heterocycles. The highest BCUT2D eigenvalue weighted by Gasteiger charge is 2.53. The molecule has 4 heterocycles. The molecule has 1 fully saturated rings. The number of β-lactam (4-membered cyclic amide) rings is 1. The Labute approximate surface area is 214 Å². The maximum atomic E-state index is 12.8. The minimum atomic E-state index is -1.20. The van der Waals surface area contributed by atoms with E-state index in [1.54, 1.807) is 42.7 Å². The van der Waals surface area contributed by atoms with Crippen molar-refractivity contribution in [3.8, 4) is 11.3 Å². The lowest BCUT2D eigenvalue weighted by Crippen LogP contribution is -2.70. The van der Waals surface area contributed by atoms with Crippen LogP contribution in [-0.2, 0) is 14.4 Å². The third-order valence-corrected chi connectivity index (χ3v) is 7.90. The van der Waals surface area contributed by atoms with E-state index in [1.807, 2.05) is 30.3 Å². The van der Waals surface area contributed by atoms with Gasteiger partial charge in [-0.15, -0.1) is 23.5 Å². The minimum Gasteiger partial charge on any atom is -0.477 e. The number of hydrogen-bond donors (Lipinski definition) is 2. The zero-order chi connectivity index (χ0) is 25.1. The molecule has 3 aromatic rings. The molecule has 2 aliphatic rings. The molecule has 0 radical (unpaired) electrons. The maximum Gasteiger partial charge on any atom is 0.352 e. The number of benzene rings is 1. The Hall–Kier alpha value is -3.83. The van der Waals surface area contributed by atoms with Crippen LogP contribution < -0.4 is 5.32 Å². The Balaban J connectivity index is 1.26. The van der Waals surface area contributed by atoms with E-state index in [-0.39, 0.29) is 17.4 Å². The summed E-state index contributed by atoms with van der Waals surface area (Å²) >= 11 is 2.78. The molecule has 0 spiro atoms. The van der Waals surface area contributed by atoms with E-state index < -0.39 is 23.3 Å². The van der Waals surface area contributed by atoms with Gasteiger partial charge in [-0.2, -0.15) is 0 Å². The third kappa shape index (κ3) is 4.93. The molecule has 0 aliphatic carbocycles. The summed E-state index contributed by atoms with van der Waals surface area (Å²) < 4.78 is 5.34. The van der Waals surface area contributed by atoms with E-state index in [9.17, 15) is 19.5 Å². The van der Waals surface area contributed by atoms with Crippen LogP contribution in [0.2, 0.25) is 0 Å². The number of carboxylic acid groups (broad SMARTS) is 1. The van der Waals surface area contributed by atoms with E-state index in [1.165, 1.54) is 28.4 Å². The highest BCUT2D eigenvalue weighted by molar-refractivity contribution is 8.00. The number of allylic oxidation sites excluding steroid dienone is 1. The van der Waals surface area contributed by atoms with Gasteiger partial charge >= 0.3 is 5.97 Å². The van der Waals surface area contributed by atoms with Crippen LogP contribution in [0.15, 0.2) is 87.7 Å². The first-order chi connectivity index (χ1) is 17.5. The predicted molar refractivity (Wildman–Crippen MR) is 136 cm³/mol. The lowest BCUT2D eigenvalue weighted by atomic mass is 10.0. The van der Waals surface area contributed by atoms with Crippen molar-refractivity contribution in [2.45, 2.75) is 16.3 Å². The molecule has 0 saturated carbocycles. The Bertz CT molecular complexity index is 1360. The zero-order valence-corrected chi connectivity index (χ0v) is 20.4. The van der Waals surface area contributed by atoms with Crippen molar-refractivity contribution in [2.24, 2.45) is 0 Å². The second kappa shape index (κ2) is 10.4. The summed E-state index contributed by atoms with van der Waals surface area (Å²) in [6.45, 7) is 0. The average molecular weight is 521 g/mol. The van der Waals surface area contributed by atoms with E-state index in [0.29, 0.717) is 22.8 Å². The van der Waals surface area contributed by atoms with Gasteiger partial charge < -0.3 is 14.9 Å². The van der Waals surface area contributed by atoms with Crippen molar-refractivity contribution in [1.82, 2.24) is 20.4 Å². The van der Waals surface area contributed by atoms with Crippen molar-refractivity contribution in [3.05, 3.63) is 84.0 Å². The molecule has 182 valence electrons. The molecule has 11 heteroatoms. The molecule has 2 aliphatic heterocycles. The lowest BCUT2D eigenvalue weighted by Gasteiger charge is -2.49. The fraction of sp³-hybridized carbons (Fsp3) is 0.160. The smallest absolute Gasteiger partial charge is 0.352 e. The molecule has 2 atom stereocenters. The molecule has 9 nitrogen and oxygen atoms in total. The monoisotopic (exact) mass is 520 g/mol.